The van der Waals surface area contributed by atoms with Crippen LogP contribution in [-0.2, 0) is 4.79 Å². The molecule has 23 heavy (non-hydrogen) atoms. The van der Waals surface area contributed by atoms with E-state index in [9.17, 15) is 4.79 Å². The number of amides is 1. The SMILES string of the molecule is N#CC(C#N)=Cc1ccc(NC(=O)C=Cc2ccc(Br)o2)cc1. The minimum absolute atomic E-state index is 0.0225. The number of hydrogen-bond donors (Lipinski definition) is 1. The molecule has 1 aromatic carbocycles. The summed E-state index contributed by atoms with van der Waals surface area (Å²) >= 11 is 3.18. The fourth-order valence-corrected chi connectivity index (χ4v) is 2.00. The molecule has 0 aliphatic heterocycles. The Morgan fingerprint density at radius 3 is 2.39 bits per heavy atom. The zero-order valence-corrected chi connectivity index (χ0v) is 13.4. The summed E-state index contributed by atoms with van der Waals surface area (Å²) in [5, 5.41) is 20.1. The first-order chi connectivity index (χ1) is 11.1. The first-order valence-corrected chi connectivity index (χ1v) is 7.26. The van der Waals surface area contributed by atoms with E-state index in [4.69, 9.17) is 14.9 Å². The average Bonchev–Trinajstić information content (AvgIpc) is 2.98. The van der Waals surface area contributed by atoms with Gasteiger partial charge in [0.25, 0.3) is 0 Å². The van der Waals surface area contributed by atoms with Crippen LogP contribution >= 0.6 is 15.9 Å². The molecule has 0 radical (unpaired) electrons. The molecule has 0 spiro atoms. The summed E-state index contributed by atoms with van der Waals surface area (Å²) in [5.74, 6) is 0.267. The Labute approximate surface area is 141 Å². The second-order valence-electron chi connectivity index (χ2n) is 4.37. The third-order valence-corrected chi connectivity index (χ3v) is 3.15. The van der Waals surface area contributed by atoms with E-state index in [1.807, 2.05) is 0 Å². The normalized spacial score (nSPS) is 9.87. The molecule has 0 unspecified atom stereocenters. The molecule has 5 nitrogen and oxygen atoms in total. The summed E-state index contributed by atoms with van der Waals surface area (Å²) in [7, 11) is 0. The third kappa shape index (κ3) is 4.99. The quantitative estimate of drug-likeness (QED) is 0.649. The van der Waals surface area contributed by atoms with Crippen LogP contribution in [0.1, 0.15) is 11.3 Å². The van der Waals surface area contributed by atoms with E-state index in [0.717, 1.165) is 0 Å². The van der Waals surface area contributed by atoms with E-state index in [-0.39, 0.29) is 11.5 Å². The molecule has 1 N–H and O–H groups in total. The van der Waals surface area contributed by atoms with Crippen LogP contribution in [0.5, 0.6) is 0 Å². The molecule has 0 aliphatic rings. The van der Waals surface area contributed by atoms with Gasteiger partial charge < -0.3 is 9.73 Å². The van der Waals surface area contributed by atoms with Gasteiger partial charge in [0, 0.05) is 11.8 Å². The lowest BCUT2D eigenvalue weighted by Crippen LogP contribution is -2.07. The Kier molecular flexibility index (Phi) is 5.51. The maximum atomic E-state index is 11.8. The molecule has 1 amide bonds. The molecule has 2 aromatic rings. The number of carbonyl (C=O) groups is 1. The van der Waals surface area contributed by atoms with Crippen LogP contribution < -0.4 is 5.32 Å². The van der Waals surface area contributed by atoms with Crippen molar-refractivity contribution < 1.29 is 9.21 Å². The minimum atomic E-state index is -0.296. The Hall–Kier alpha value is -3.09. The first-order valence-electron chi connectivity index (χ1n) is 6.47. The van der Waals surface area contributed by atoms with Crippen molar-refractivity contribution in [2.75, 3.05) is 5.32 Å². The highest BCUT2D eigenvalue weighted by molar-refractivity contribution is 9.10. The highest BCUT2D eigenvalue weighted by Crippen LogP contribution is 2.15. The van der Waals surface area contributed by atoms with Gasteiger partial charge in [0.05, 0.1) is 0 Å². The smallest absolute Gasteiger partial charge is 0.248 e. The molecule has 2 rings (SSSR count). The van der Waals surface area contributed by atoms with Gasteiger partial charge in [0.1, 0.15) is 23.5 Å². The molecule has 0 atom stereocenters. The Balaban J connectivity index is 2.00. The number of halogens is 1. The van der Waals surface area contributed by atoms with E-state index < -0.39 is 0 Å². The molecule has 0 saturated carbocycles. The maximum Gasteiger partial charge on any atom is 0.248 e. The van der Waals surface area contributed by atoms with E-state index in [1.165, 1.54) is 12.2 Å². The van der Waals surface area contributed by atoms with Crippen LogP contribution in [0.25, 0.3) is 12.2 Å². The fraction of sp³-hybridized carbons (Fsp3) is 0. The zero-order valence-electron chi connectivity index (χ0n) is 11.8. The van der Waals surface area contributed by atoms with Gasteiger partial charge in [-0.3, -0.25) is 4.79 Å². The van der Waals surface area contributed by atoms with Crippen molar-refractivity contribution in [3.8, 4) is 12.1 Å². The van der Waals surface area contributed by atoms with Crippen molar-refractivity contribution in [1.29, 1.82) is 10.5 Å². The lowest BCUT2D eigenvalue weighted by molar-refractivity contribution is -0.111. The number of nitriles is 2. The van der Waals surface area contributed by atoms with Gasteiger partial charge in [-0.15, -0.1) is 0 Å². The number of allylic oxidation sites excluding steroid dienone is 1. The first kappa shape index (κ1) is 16.3. The lowest BCUT2D eigenvalue weighted by Gasteiger charge is -2.02. The van der Waals surface area contributed by atoms with Gasteiger partial charge in [-0.2, -0.15) is 10.5 Å². The fourth-order valence-electron chi connectivity index (χ4n) is 1.68. The van der Waals surface area contributed by atoms with E-state index in [2.05, 4.69) is 21.2 Å². The molecule has 0 aliphatic carbocycles. The standard InChI is InChI=1S/C17H10BrN3O2/c18-16-7-5-15(23-16)6-8-17(22)21-14-3-1-12(2-4-14)9-13(10-19)11-20/h1-9H,(H,21,22). The van der Waals surface area contributed by atoms with Crippen molar-refractivity contribution in [3.63, 3.8) is 0 Å². The predicted molar refractivity (Wildman–Crippen MR) is 89.7 cm³/mol. The number of hydrogen-bond acceptors (Lipinski definition) is 4. The summed E-state index contributed by atoms with van der Waals surface area (Å²) in [5.41, 5.74) is 1.33. The number of benzene rings is 1. The zero-order chi connectivity index (χ0) is 16.7. The number of rotatable bonds is 4. The van der Waals surface area contributed by atoms with Gasteiger partial charge >= 0.3 is 0 Å². The second kappa shape index (κ2) is 7.79. The van der Waals surface area contributed by atoms with Crippen LogP contribution in [0, 0.1) is 22.7 Å². The highest BCUT2D eigenvalue weighted by atomic mass is 79.9. The number of carbonyl (C=O) groups excluding carboxylic acids is 1. The van der Waals surface area contributed by atoms with Gasteiger partial charge in [-0.25, -0.2) is 0 Å². The third-order valence-electron chi connectivity index (χ3n) is 2.72. The number of nitrogens with one attached hydrogen (secondary N) is 1. The number of anilines is 1. The van der Waals surface area contributed by atoms with Crippen LogP contribution in [0.2, 0.25) is 0 Å². The Morgan fingerprint density at radius 2 is 1.83 bits per heavy atom. The van der Waals surface area contributed by atoms with Crippen molar-refractivity contribution in [1.82, 2.24) is 0 Å². The summed E-state index contributed by atoms with van der Waals surface area (Å²) in [6, 6.07) is 13.8. The van der Waals surface area contributed by atoms with Crippen LogP contribution in [0.15, 0.2) is 57.1 Å². The molecule has 6 heteroatoms. The van der Waals surface area contributed by atoms with Crippen LogP contribution in [-0.4, -0.2) is 5.91 Å². The van der Waals surface area contributed by atoms with E-state index in [1.54, 1.807) is 54.6 Å². The van der Waals surface area contributed by atoms with E-state index in [0.29, 0.717) is 21.7 Å². The van der Waals surface area contributed by atoms with Crippen molar-refractivity contribution in [3.05, 3.63) is 64.0 Å². The molecule has 1 aromatic heterocycles. The van der Waals surface area contributed by atoms with Crippen molar-refractivity contribution in [2.45, 2.75) is 0 Å². The van der Waals surface area contributed by atoms with Crippen molar-refractivity contribution >= 4 is 39.7 Å². The van der Waals surface area contributed by atoms with Crippen LogP contribution in [0.4, 0.5) is 5.69 Å². The summed E-state index contributed by atoms with van der Waals surface area (Å²) in [6.07, 6.45) is 4.39. The maximum absolute atomic E-state index is 11.8. The van der Waals surface area contributed by atoms with Crippen molar-refractivity contribution in [2.24, 2.45) is 0 Å². The monoisotopic (exact) mass is 367 g/mol. The Morgan fingerprint density at radius 1 is 1.13 bits per heavy atom. The number of furan rings is 1. The largest absolute Gasteiger partial charge is 0.450 e. The second-order valence-corrected chi connectivity index (χ2v) is 5.15. The molecular weight excluding hydrogens is 358 g/mol. The molecule has 112 valence electrons. The summed E-state index contributed by atoms with van der Waals surface area (Å²) < 4.78 is 5.84. The lowest BCUT2D eigenvalue weighted by atomic mass is 10.1. The predicted octanol–water partition coefficient (Wildman–Crippen LogP) is 4.12. The molecule has 0 bridgehead atoms. The van der Waals surface area contributed by atoms with Gasteiger partial charge in [0.15, 0.2) is 4.67 Å². The molecule has 0 saturated heterocycles. The minimum Gasteiger partial charge on any atom is -0.450 e. The van der Waals surface area contributed by atoms with Gasteiger partial charge in [-0.05, 0) is 57.9 Å². The molecular formula is C17H10BrN3O2. The van der Waals surface area contributed by atoms with Gasteiger partial charge in [0.2, 0.25) is 5.91 Å². The topological polar surface area (TPSA) is 89.8 Å². The average molecular weight is 368 g/mol. The highest BCUT2D eigenvalue weighted by Gasteiger charge is 2.00. The van der Waals surface area contributed by atoms with Crippen LogP contribution in [0.3, 0.4) is 0 Å². The summed E-state index contributed by atoms with van der Waals surface area (Å²) in [6.45, 7) is 0. The van der Waals surface area contributed by atoms with Gasteiger partial charge in [-0.1, -0.05) is 12.1 Å². The van der Waals surface area contributed by atoms with E-state index >= 15 is 0 Å². The number of nitrogens with zero attached hydrogens (tertiary/aromatic N) is 2. The summed E-state index contributed by atoms with van der Waals surface area (Å²) in [4.78, 5) is 11.8. The molecule has 1 heterocycles. The molecule has 0 fully saturated rings. The Bertz CT molecular complexity index is 833.